The number of rotatable bonds is 5. The highest BCUT2D eigenvalue weighted by molar-refractivity contribution is 5.91. The number of pyridine rings is 1. The van der Waals surface area contributed by atoms with Crippen molar-refractivity contribution in [3.05, 3.63) is 53.9 Å². The molecule has 2 heterocycles. The van der Waals surface area contributed by atoms with Crippen LogP contribution in [0.2, 0.25) is 0 Å². The summed E-state index contributed by atoms with van der Waals surface area (Å²) in [6.45, 7) is 5.92. The van der Waals surface area contributed by atoms with E-state index in [4.69, 9.17) is 10.5 Å². The van der Waals surface area contributed by atoms with E-state index >= 15 is 0 Å². The van der Waals surface area contributed by atoms with Gasteiger partial charge in [0.05, 0.1) is 7.11 Å². The van der Waals surface area contributed by atoms with E-state index in [0.29, 0.717) is 11.7 Å². The van der Waals surface area contributed by atoms with Gasteiger partial charge in [0.15, 0.2) is 0 Å². The molecule has 0 aliphatic carbocycles. The number of carbonyl (C=O) groups excluding carboxylic acids is 1. The third-order valence-electron chi connectivity index (χ3n) is 4.80. The van der Waals surface area contributed by atoms with Gasteiger partial charge in [-0.2, -0.15) is 0 Å². The lowest BCUT2D eigenvalue weighted by Gasteiger charge is -2.39. The molecule has 1 unspecified atom stereocenters. The van der Waals surface area contributed by atoms with Crippen molar-refractivity contribution in [2.75, 3.05) is 38.2 Å². The fraction of sp³-hybridized carbons (Fsp3) is 0.368. The Labute approximate surface area is 148 Å². The quantitative estimate of drug-likeness (QED) is 0.902. The molecule has 1 aromatic carbocycles. The Hall–Kier alpha value is -2.60. The minimum absolute atomic E-state index is 0.310. The highest BCUT2D eigenvalue weighted by atomic mass is 16.5. The second-order valence-corrected chi connectivity index (χ2v) is 6.24. The number of nitrogens with two attached hydrogens (primary N) is 1. The predicted molar refractivity (Wildman–Crippen MR) is 97.9 cm³/mol. The second kappa shape index (κ2) is 7.53. The molecule has 1 amide bonds. The molecule has 25 heavy (non-hydrogen) atoms. The SMILES string of the molecule is COc1cccc(C(C)N2CCN(c3ccnc(C(N)=O)c3)CC2)c1. The van der Waals surface area contributed by atoms with Crippen LogP contribution in [0.1, 0.15) is 29.0 Å². The number of hydrogen-bond acceptors (Lipinski definition) is 5. The lowest BCUT2D eigenvalue weighted by Crippen LogP contribution is -2.47. The molecule has 1 aliphatic heterocycles. The van der Waals surface area contributed by atoms with Gasteiger partial charge in [-0.25, -0.2) is 0 Å². The lowest BCUT2D eigenvalue weighted by molar-refractivity contribution is 0.0995. The predicted octanol–water partition coefficient (Wildman–Crippen LogP) is 2.07. The van der Waals surface area contributed by atoms with Gasteiger partial charge in [0.1, 0.15) is 11.4 Å². The van der Waals surface area contributed by atoms with Crippen molar-refractivity contribution in [1.82, 2.24) is 9.88 Å². The van der Waals surface area contributed by atoms with Gasteiger partial charge in [0, 0.05) is 44.1 Å². The van der Waals surface area contributed by atoms with Crippen LogP contribution in [0.25, 0.3) is 0 Å². The van der Waals surface area contributed by atoms with E-state index in [0.717, 1.165) is 37.6 Å². The first-order chi connectivity index (χ1) is 12.1. The fourth-order valence-electron chi connectivity index (χ4n) is 3.23. The number of aromatic nitrogens is 1. The Morgan fingerprint density at radius 1 is 1.20 bits per heavy atom. The van der Waals surface area contributed by atoms with Gasteiger partial charge < -0.3 is 15.4 Å². The minimum Gasteiger partial charge on any atom is -0.497 e. The lowest BCUT2D eigenvalue weighted by atomic mass is 10.1. The smallest absolute Gasteiger partial charge is 0.267 e. The van der Waals surface area contributed by atoms with Crippen LogP contribution in [0.3, 0.4) is 0 Å². The number of ether oxygens (including phenoxy) is 1. The van der Waals surface area contributed by atoms with Crippen LogP contribution < -0.4 is 15.4 Å². The fourth-order valence-corrected chi connectivity index (χ4v) is 3.23. The molecule has 6 nitrogen and oxygen atoms in total. The Morgan fingerprint density at radius 2 is 1.96 bits per heavy atom. The van der Waals surface area contributed by atoms with E-state index in [9.17, 15) is 4.79 Å². The average Bonchev–Trinajstić information content (AvgIpc) is 2.67. The largest absolute Gasteiger partial charge is 0.497 e. The monoisotopic (exact) mass is 340 g/mol. The summed E-state index contributed by atoms with van der Waals surface area (Å²) in [5.41, 5.74) is 7.89. The van der Waals surface area contributed by atoms with Crippen LogP contribution in [-0.4, -0.2) is 49.1 Å². The van der Waals surface area contributed by atoms with Gasteiger partial charge in [-0.1, -0.05) is 12.1 Å². The van der Waals surface area contributed by atoms with E-state index in [-0.39, 0.29) is 0 Å². The maximum Gasteiger partial charge on any atom is 0.267 e. The van der Waals surface area contributed by atoms with Crippen molar-refractivity contribution in [2.45, 2.75) is 13.0 Å². The molecule has 0 radical (unpaired) electrons. The normalized spacial score (nSPS) is 16.5. The number of benzene rings is 1. The first-order valence-corrected chi connectivity index (χ1v) is 8.47. The number of primary amides is 1. The summed E-state index contributed by atoms with van der Waals surface area (Å²) in [6.07, 6.45) is 1.64. The van der Waals surface area contributed by atoms with Crippen molar-refractivity contribution in [3.63, 3.8) is 0 Å². The van der Waals surface area contributed by atoms with E-state index in [2.05, 4.69) is 33.8 Å². The minimum atomic E-state index is -0.493. The summed E-state index contributed by atoms with van der Waals surface area (Å²) in [5, 5.41) is 0. The number of nitrogens with zero attached hydrogens (tertiary/aromatic N) is 3. The average molecular weight is 340 g/mol. The summed E-state index contributed by atoms with van der Waals surface area (Å²) in [7, 11) is 1.69. The summed E-state index contributed by atoms with van der Waals surface area (Å²) in [6, 6.07) is 12.3. The first kappa shape index (κ1) is 17.2. The number of piperazine rings is 1. The molecular weight excluding hydrogens is 316 g/mol. The third kappa shape index (κ3) is 3.91. The zero-order valence-corrected chi connectivity index (χ0v) is 14.7. The molecule has 0 spiro atoms. The summed E-state index contributed by atoms with van der Waals surface area (Å²) in [5.74, 6) is 0.394. The van der Waals surface area contributed by atoms with Crippen LogP contribution >= 0.6 is 0 Å². The third-order valence-corrected chi connectivity index (χ3v) is 4.80. The highest BCUT2D eigenvalue weighted by Gasteiger charge is 2.23. The Balaban J connectivity index is 1.65. The Bertz CT molecular complexity index is 742. The van der Waals surface area contributed by atoms with Crippen LogP contribution in [0, 0.1) is 0 Å². The molecule has 0 bridgehead atoms. The van der Waals surface area contributed by atoms with Gasteiger partial charge in [-0.3, -0.25) is 14.7 Å². The molecule has 1 fully saturated rings. The summed E-state index contributed by atoms with van der Waals surface area (Å²) >= 11 is 0. The summed E-state index contributed by atoms with van der Waals surface area (Å²) < 4.78 is 5.33. The maximum absolute atomic E-state index is 11.3. The standard InChI is InChI=1S/C19H24N4O2/c1-14(15-4-3-5-17(12-15)25-2)22-8-10-23(11-9-22)16-6-7-21-18(13-16)19(20)24/h3-7,12-14H,8-11H2,1-2H3,(H2,20,24). The molecule has 1 aromatic heterocycles. The molecule has 1 saturated heterocycles. The Morgan fingerprint density at radius 3 is 2.64 bits per heavy atom. The van der Waals surface area contributed by atoms with Crippen molar-refractivity contribution >= 4 is 11.6 Å². The Kier molecular flexibility index (Phi) is 5.19. The topological polar surface area (TPSA) is 71.7 Å². The molecule has 2 aromatic rings. The van der Waals surface area contributed by atoms with Crippen molar-refractivity contribution in [3.8, 4) is 5.75 Å². The zero-order chi connectivity index (χ0) is 17.8. The molecule has 3 rings (SSSR count). The van der Waals surface area contributed by atoms with Crippen molar-refractivity contribution in [2.24, 2.45) is 5.73 Å². The molecule has 2 N–H and O–H groups in total. The van der Waals surface area contributed by atoms with Gasteiger partial charge in [0.25, 0.3) is 5.91 Å². The van der Waals surface area contributed by atoms with Crippen molar-refractivity contribution < 1.29 is 9.53 Å². The van der Waals surface area contributed by atoms with E-state index in [1.807, 2.05) is 18.2 Å². The van der Waals surface area contributed by atoms with Gasteiger partial charge in [-0.15, -0.1) is 0 Å². The number of anilines is 1. The first-order valence-electron chi connectivity index (χ1n) is 8.47. The van der Waals surface area contributed by atoms with E-state index in [1.165, 1.54) is 5.56 Å². The van der Waals surface area contributed by atoms with Crippen LogP contribution in [0.5, 0.6) is 5.75 Å². The molecular formula is C19H24N4O2. The van der Waals surface area contributed by atoms with Crippen LogP contribution in [0.15, 0.2) is 42.6 Å². The second-order valence-electron chi connectivity index (χ2n) is 6.24. The molecule has 0 saturated carbocycles. The van der Waals surface area contributed by atoms with Crippen molar-refractivity contribution in [1.29, 1.82) is 0 Å². The van der Waals surface area contributed by atoms with Gasteiger partial charge in [0.2, 0.25) is 0 Å². The molecule has 1 atom stereocenters. The van der Waals surface area contributed by atoms with E-state index < -0.39 is 5.91 Å². The number of amides is 1. The maximum atomic E-state index is 11.3. The number of methoxy groups -OCH3 is 1. The van der Waals surface area contributed by atoms with Gasteiger partial charge in [-0.05, 0) is 36.8 Å². The highest BCUT2D eigenvalue weighted by Crippen LogP contribution is 2.26. The van der Waals surface area contributed by atoms with Gasteiger partial charge >= 0.3 is 0 Å². The van der Waals surface area contributed by atoms with Crippen LogP contribution in [0.4, 0.5) is 5.69 Å². The number of hydrogen-bond donors (Lipinski definition) is 1. The molecule has 132 valence electrons. The zero-order valence-electron chi connectivity index (χ0n) is 14.7. The molecule has 6 heteroatoms. The number of carbonyl (C=O) groups is 1. The summed E-state index contributed by atoms with van der Waals surface area (Å²) in [4.78, 5) is 20.0. The molecule has 1 aliphatic rings. The van der Waals surface area contributed by atoms with E-state index in [1.54, 1.807) is 19.4 Å². The van der Waals surface area contributed by atoms with Crippen LogP contribution in [-0.2, 0) is 0 Å².